The maximum atomic E-state index is 12.8. The van der Waals surface area contributed by atoms with E-state index in [9.17, 15) is 14.4 Å². The number of hydrogen-bond acceptors (Lipinski definition) is 7. The molecule has 0 radical (unpaired) electrons. The summed E-state index contributed by atoms with van der Waals surface area (Å²) in [6.45, 7) is 4.27. The van der Waals surface area contributed by atoms with Gasteiger partial charge in [-0.3, -0.25) is 9.59 Å². The van der Waals surface area contributed by atoms with E-state index < -0.39 is 5.97 Å². The summed E-state index contributed by atoms with van der Waals surface area (Å²) >= 11 is 0. The van der Waals surface area contributed by atoms with E-state index in [2.05, 4.69) is 19.0 Å². The number of fused-ring (bicyclic) bond motifs is 1. The van der Waals surface area contributed by atoms with E-state index in [1.165, 1.54) is 52.1 Å². The van der Waals surface area contributed by atoms with Gasteiger partial charge in [0, 0.05) is 12.0 Å². The first-order valence-corrected chi connectivity index (χ1v) is 12.8. The molecule has 0 fully saturated rings. The summed E-state index contributed by atoms with van der Waals surface area (Å²) in [5.41, 5.74) is 1.31. The van der Waals surface area contributed by atoms with Crippen LogP contribution in [0, 0.1) is 0 Å². The van der Waals surface area contributed by atoms with Crippen molar-refractivity contribution in [2.75, 3.05) is 14.2 Å². The molecule has 0 atom stereocenters. The van der Waals surface area contributed by atoms with Crippen molar-refractivity contribution in [1.29, 1.82) is 0 Å². The minimum Gasteiger partial charge on any atom is -0.496 e. The summed E-state index contributed by atoms with van der Waals surface area (Å²) in [5.74, 6) is -0.557. The zero-order valence-electron chi connectivity index (χ0n) is 21.6. The van der Waals surface area contributed by atoms with Crippen molar-refractivity contribution in [3.05, 3.63) is 34.9 Å². The molecule has 0 aliphatic heterocycles. The SMILES string of the molecule is CCCCCCCCCC(=NOC(=O)CCCCC)c1cc(OC)c2c(c1OC)C(=O)C=CC2=O. The van der Waals surface area contributed by atoms with Crippen molar-refractivity contribution in [2.45, 2.75) is 90.9 Å². The van der Waals surface area contributed by atoms with E-state index in [4.69, 9.17) is 14.3 Å². The molecule has 7 heteroatoms. The third kappa shape index (κ3) is 8.05. The number of ketones is 2. The summed E-state index contributed by atoms with van der Waals surface area (Å²) in [5, 5.41) is 4.21. The normalized spacial score (nSPS) is 13.1. The van der Waals surface area contributed by atoms with E-state index in [0.29, 0.717) is 24.1 Å². The van der Waals surface area contributed by atoms with Gasteiger partial charge in [-0.25, -0.2) is 4.79 Å². The molecule has 0 unspecified atom stereocenters. The smallest absolute Gasteiger partial charge is 0.335 e. The number of hydrogen-bond donors (Lipinski definition) is 0. The number of carbonyl (C=O) groups excluding carboxylic acids is 3. The number of benzene rings is 1. The van der Waals surface area contributed by atoms with Crippen molar-refractivity contribution >= 4 is 23.2 Å². The zero-order valence-corrected chi connectivity index (χ0v) is 21.6. The van der Waals surface area contributed by atoms with Gasteiger partial charge in [-0.1, -0.05) is 70.4 Å². The first-order chi connectivity index (χ1) is 17.0. The van der Waals surface area contributed by atoms with E-state index in [1.54, 1.807) is 6.07 Å². The summed E-state index contributed by atoms with van der Waals surface area (Å²) in [6, 6.07) is 1.65. The number of carbonyl (C=O) groups is 3. The largest absolute Gasteiger partial charge is 0.496 e. The first kappa shape index (κ1) is 28.3. The molecule has 1 aromatic rings. The van der Waals surface area contributed by atoms with Crippen LogP contribution in [0.3, 0.4) is 0 Å². The van der Waals surface area contributed by atoms with Gasteiger partial charge in [0.05, 0.1) is 31.1 Å². The highest BCUT2D eigenvalue weighted by atomic mass is 16.7. The Morgan fingerprint density at radius 3 is 1.97 bits per heavy atom. The highest BCUT2D eigenvalue weighted by molar-refractivity contribution is 6.25. The Morgan fingerprint density at radius 1 is 0.771 bits per heavy atom. The van der Waals surface area contributed by atoms with Crippen LogP contribution in [0.5, 0.6) is 11.5 Å². The minimum absolute atomic E-state index is 0.149. The second kappa shape index (κ2) is 15.1. The summed E-state index contributed by atoms with van der Waals surface area (Å²) in [7, 11) is 2.90. The van der Waals surface area contributed by atoms with Gasteiger partial charge in [-0.05, 0) is 37.5 Å². The lowest BCUT2D eigenvalue weighted by molar-refractivity contribution is -0.143. The maximum absolute atomic E-state index is 12.8. The molecule has 0 bridgehead atoms. The molecule has 35 heavy (non-hydrogen) atoms. The van der Waals surface area contributed by atoms with Gasteiger partial charge in [-0.15, -0.1) is 0 Å². The quantitative estimate of drug-likeness (QED) is 0.113. The van der Waals surface area contributed by atoms with E-state index >= 15 is 0 Å². The number of rotatable bonds is 16. The molecular formula is C28H39NO6. The lowest BCUT2D eigenvalue weighted by Crippen LogP contribution is -2.18. The number of methoxy groups -OCH3 is 2. The lowest BCUT2D eigenvalue weighted by atomic mass is 9.88. The fourth-order valence-electron chi connectivity index (χ4n) is 4.18. The molecule has 0 aromatic heterocycles. The molecule has 0 saturated carbocycles. The number of oxime groups is 1. The van der Waals surface area contributed by atoms with Crippen LogP contribution in [-0.2, 0) is 9.63 Å². The minimum atomic E-state index is -0.395. The van der Waals surface area contributed by atoms with Crippen LogP contribution in [0.25, 0.3) is 0 Å². The van der Waals surface area contributed by atoms with Gasteiger partial charge in [-0.2, -0.15) is 0 Å². The molecule has 192 valence electrons. The maximum Gasteiger partial charge on any atom is 0.335 e. The molecule has 1 aliphatic carbocycles. The van der Waals surface area contributed by atoms with Crippen molar-refractivity contribution < 1.29 is 28.7 Å². The van der Waals surface area contributed by atoms with Gasteiger partial charge >= 0.3 is 5.97 Å². The van der Waals surface area contributed by atoms with Crippen LogP contribution in [0.15, 0.2) is 23.4 Å². The Bertz CT molecular complexity index is 947. The summed E-state index contributed by atoms with van der Waals surface area (Å²) < 4.78 is 11.1. The summed E-state index contributed by atoms with van der Waals surface area (Å²) in [4.78, 5) is 42.8. The predicted octanol–water partition coefficient (Wildman–Crippen LogP) is 6.61. The van der Waals surface area contributed by atoms with Gasteiger partial charge in [0.1, 0.15) is 11.5 Å². The Hall–Kier alpha value is -2.96. The van der Waals surface area contributed by atoms with E-state index in [0.717, 1.165) is 38.5 Å². The molecule has 7 nitrogen and oxygen atoms in total. The molecule has 0 amide bonds. The first-order valence-electron chi connectivity index (χ1n) is 12.8. The standard InChI is InChI=1S/C28H39NO6/c1-5-7-9-10-11-12-14-15-21(29-35-25(32)16-13-8-6-2)20-19-24(33-3)26-22(30)17-18-23(31)27(26)28(20)34-4/h17-19H,5-16H2,1-4H3. The molecule has 0 saturated heterocycles. The van der Waals surface area contributed by atoms with Gasteiger partial charge in [0.25, 0.3) is 0 Å². The van der Waals surface area contributed by atoms with Crippen LogP contribution in [0.2, 0.25) is 0 Å². The lowest BCUT2D eigenvalue weighted by Gasteiger charge is -2.20. The van der Waals surface area contributed by atoms with Gasteiger partial charge in [0.2, 0.25) is 0 Å². The van der Waals surface area contributed by atoms with Crippen LogP contribution >= 0.6 is 0 Å². The molecule has 1 aliphatic rings. The second-order valence-electron chi connectivity index (χ2n) is 8.80. The Kier molecular flexibility index (Phi) is 12.2. The number of nitrogens with zero attached hydrogens (tertiary/aromatic N) is 1. The monoisotopic (exact) mass is 485 g/mol. The highest BCUT2D eigenvalue weighted by Gasteiger charge is 2.31. The predicted molar refractivity (Wildman–Crippen MR) is 137 cm³/mol. The van der Waals surface area contributed by atoms with Gasteiger partial charge in [0.15, 0.2) is 11.6 Å². The van der Waals surface area contributed by atoms with Crippen molar-refractivity contribution in [1.82, 2.24) is 0 Å². The van der Waals surface area contributed by atoms with Crippen molar-refractivity contribution in [3.63, 3.8) is 0 Å². The molecule has 0 N–H and O–H groups in total. The molecular weight excluding hydrogens is 446 g/mol. The topological polar surface area (TPSA) is 91.3 Å². The Labute approximate surface area is 208 Å². The van der Waals surface area contributed by atoms with Crippen LogP contribution in [0.1, 0.15) is 117 Å². The fourth-order valence-corrected chi connectivity index (χ4v) is 4.18. The van der Waals surface area contributed by atoms with Crippen molar-refractivity contribution in [3.8, 4) is 11.5 Å². The molecule has 0 spiro atoms. The third-order valence-electron chi connectivity index (χ3n) is 6.12. The number of allylic oxidation sites excluding steroid dienone is 2. The van der Waals surface area contributed by atoms with Crippen LogP contribution in [0.4, 0.5) is 0 Å². The molecule has 1 aromatic carbocycles. The van der Waals surface area contributed by atoms with E-state index in [1.807, 2.05) is 0 Å². The summed E-state index contributed by atoms with van der Waals surface area (Å²) in [6.07, 6.45) is 13.8. The number of ether oxygens (including phenoxy) is 2. The Morgan fingerprint density at radius 2 is 1.34 bits per heavy atom. The van der Waals surface area contributed by atoms with Gasteiger partial charge < -0.3 is 14.3 Å². The second-order valence-corrected chi connectivity index (χ2v) is 8.80. The Balaban J connectivity index is 2.36. The van der Waals surface area contributed by atoms with Crippen LogP contribution in [-0.4, -0.2) is 37.5 Å². The number of unbranched alkanes of at least 4 members (excludes halogenated alkanes) is 8. The molecule has 0 heterocycles. The zero-order chi connectivity index (χ0) is 25.6. The highest BCUT2D eigenvalue weighted by Crippen LogP contribution is 2.38. The fraction of sp³-hybridized carbons (Fsp3) is 0.571. The third-order valence-corrected chi connectivity index (χ3v) is 6.12. The van der Waals surface area contributed by atoms with Crippen molar-refractivity contribution in [2.24, 2.45) is 5.16 Å². The van der Waals surface area contributed by atoms with E-state index in [-0.39, 0.29) is 34.2 Å². The average molecular weight is 486 g/mol. The molecule has 2 rings (SSSR count). The average Bonchev–Trinajstić information content (AvgIpc) is 2.86. The van der Waals surface area contributed by atoms with Crippen LogP contribution < -0.4 is 9.47 Å².